The lowest BCUT2D eigenvalue weighted by molar-refractivity contribution is -0.138. The Kier molecular flexibility index (Phi) is 6.85. The third kappa shape index (κ3) is 5.07. The maximum atomic E-state index is 12.1. The molecule has 1 aromatic rings. The Morgan fingerprint density at radius 1 is 1.17 bits per heavy atom. The zero-order chi connectivity index (χ0) is 17.7. The molecule has 24 heavy (non-hydrogen) atoms. The summed E-state index contributed by atoms with van der Waals surface area (Å²) in [5.41, 5.74) is 0.520. The maximum Gasteiger partial charge on any atom is 0.251 e. The van der Waals surface area contributed by atoms with Gasteiger partial charge in [0.25, 0.3) is 5.91 Å². The number of amides is 3. The van der Waals surface area contributed by atoms with Crippen molar-refractivity contribution in [2.45, 2.75) is 13.3 Å². The van der Waals surface area contributed by atoms with Gasteiger partial charge in [-0.15, -0.1) is 0 Å². The van der Waals surface area contributed by atoms with Crippen LogP contribution in [0.4, 0.5) is 0 Å². The second-order valence-electron chi connectivity index (χ2n) is 5.52. The summed E-state index contributed by atoms with van der Waals surface area (Å²) in [6.45, 7) is 4.03. The second kappa shape index (κ2) is 8.66. The summed E-state index contributed by atoms with van der Waals surface area (Å²) < 4.78 is 0.807. The lowest BCUT2D eigenvalue weighted by Gasteiger charge is -2.34. The van der Waals surface area contributed by atoms with Gasteiger partial charge in [-0.05, 0) is 40.8 Å². The van der Waals surface area contributed by atoms with Crippen LogP contribution in [0, 0.1) is 3.57 Å². The van der Waals surface area contributed by atoms with E-state index in [1.165, 1.54) is 6.92 Å². The first kappa shape index (κ1) is 19.0. The van der Waals surface area contributed by atoms with E-state index in [1.54, 1.807) is 28.0 Å². The highest BCUT2D eigenvalue weighted by atomic mass is 127. The van der Waals surface area contributed by atoms with Crippen LogP contribution in [0.25, 0.3) is 0 Å². The van der Waals surface area contributed by atoms with E-state index in [4.69, 9.17) is 11.6 Å². The Bertz CT molecular complexity index is 645. The Labute approximate surface area is 159 Å². The average Bonchev–Trinajstić information content (AvgIpc) is 2.57. The number of halogens is 2. The molecule has 0 aliphatic carbocycles. The molecule has 1 aliphatic heterocycles. The summed E-state index contributed by atoms with van der Waals surface area (Å²) in [6.07, 6.45) is 0.247. The van der Waals surface area contributed by atoms with Crippen LogP contribution in [-0.4, -0.2) is 60.2 Å². The molecule has 1 aromatic carbocycles. The minimum Gasteiger partial charge on any atom is -0.352 e. The van der Waals surface area contributed by atoms with Crippen LogP contribution in [0.1, 0.15) is 23.7 Å². The van der Waals surface area contributed by atoms with Gasteiger partial charge in [0, 0.05) is 55.2 Å². The molecular weight excluding hydrogens is 445 g/mol. The van der Waals surface area contributed by atoms with Crippen molar-refractivity contribution in [1.82, 2.24) is 15.1 Å². The summed E-state index contributed by atoms with van der Waals surface area (Å²) in [5, 5.41) is 3.35. The van der Waals surface area contributed by atoms with Gasteiger partial charge in [0.05, 0.1) is 5.02 Å². The van der Waals surface area contributed by atoms with Crippen LogP contribution >= 0.6 is 34.2 Å². The zero-order valence-electron chi connectivity index (χ0n) is 13.3. The molecule has 130 valence electrons. The van der Waals surface area contributed by atoms with Gasteiger partial charge in [-0.3, -0.25) is 14.4 Å². The molecule has 1 aliphatic rings. The molecule has 0 spiro atoms. The van der Waals surface area contributed by atoms with Crippen LogP contribution in [0.15, 0.2) is 18.2 Å². The number of hydrogen-bond donors (Lipinski definition) is 1. The van der Waals surface area contributed by atoms with Gasteiger partial charge in [-0.2, -0.15) is 0 Å². The van der Waals surface area contributed by atoms with Gasteiger partial charge in [0.1, 0.15) is 0 Å². The summed E-state index contributed by atoms with van der Waals surface area (Å²) in [6, 6.07) is 5.04. The van der Waals surface area contributed by atoms with E-state index in [0.717, 1.165) is 3.57 Å². The van der Waals surface area contributed by atoms with Crippen LogP contribution in [0.2, 0.25) is 5.02 Å². The Morgan fingerprint density at radius 2 is 1.79 bits per heavy atom. The van der Waals surface area contributed by atoms with Crippen molar-refractivity contribution in [1.29, 1.82) is 0 Å². The smallest absolute Gasteiger partial charge is 0.251 e. The lowest BCUT2D eigenvalue weighted by Crippen LogP contribution is -2.50. The van der Waals surface area contributed by atoms with E-state index in [9.17, 15) is 14.4 Å². The van der Waals surface area contributed by atoms with Crippen molar-refractivity contribution in [2.24, 2.45) is 0 Å². The van der Waals surface area contributed by atoms with Gasteiger partial charge in [0.15, 0.2) is 0 Å². The molecule has 0 saturated carbocycles. The molecule has 3 amide bonds. The molecule has 1 saturated heterocycles. The van der Waals surface area contributed by atoms with Crippen molar-refractivity contribution in [3.05, 3.63) is 32.4 Å². The third-order valence-corrected chi connectivity index (χ3v) is 5.42. The molecule has 1 N–H and O–H groups in total. The first-order chi connectivity index (χ1) is 11.4. The fourth-order valence-corrected chi connectivity index (χ4v) is 3.08. The number of piperazine rings is 1. The summed E-state index contributed by atoms with van der Waals surface area (Å²) in [5.74, 6) is -0.199. The number of rotatable bonds is 4. The van der Waals surface area contributed by atoms with Crippen LogP contribution in [0.3, 0.4) is 0 Å². The van der Waals surface area contributed by atoms with Gasteiger partial charge in [0.2, 0.25) is 11.8 Å². The normalized spacial score (nSPS) is 14.5. The molecule has 2 rings (SSSR count). The monoisotopic (exact) mass is 463 g/mol. The molecule has 8 heteroatoms. The molecule has 1 fully saturated rings. The van der Waals surface area contributed by atoms with Crippen molar-refractivity contribution in [3.63, 3.8) is 0 Å². The molecule has 1 heterocycles. The van der Waals surface area contributed by atoms with E-state index >= 15 is 0 Å². The number of nitrogens with zero attached hydrogens (tertiary/aromatic N) is 2. The molecule has 6 nitrogen and oxygen atoms in total. The van der Waals surface area contributed by atoms with Crippen molar-refractivity contribution in [2.75, 3.05) is 32.7 Å². The Hall–Kier alpha value is -1.35. The van der Waals surface area contributed by atoms with Crippen molar-refractivity contribution >= 4 is 51.9 Å². The quantitative estimate of drug-likeness (QED) is 0.692. The number of carbonyl (C=O) groups excluding carboxylic acids is 3. The highest BCUT2D eigenvalue weighted by molar-refractivity contribution is 14.1. The SMILES string of the molecule is CC(=O)N1CCN(C(=O)CCNC(=O)c2ccc(Cl)c(I)c2)CC1. The number of benzene rings is 1. The molecule has 0 atom stereocenters. The number of hydrogen-bond acceptors (Lipinski definition) is 3. The van der Waals surface area contributed by atoms with Gasteiger partial charge in [-0.1, -0.05) is 11.6 Å². The number of nitrogens with one attached hydrogen (secondary N) is 1. The highest BCUT2D eigenvalue weighted by Gasteiger charge is 2.22. The van der Waals surface area contributed by atoms with E-state index < -0.39 is 0 Å². The van der Waals surface area contributed by atoms with Crippen LogP contribution in [-0.2, 0) is 9.59 Å². The molecule has 0 bridgehead atoms. The van der Waals surface area contributed by atoms with Gasteiger partial charge >= 0.3 is 0 Å². The van der Waals surface area contributed by atoms with E-state index in [2.05, 4.69) is 27.9 Å². The fraction of sp³-hybridized carbons (Fsp3) is 0.438. The maximum absolute atomic E-state index is 12.1. The summed E-state index contributed by atoms with van der Waals surface area (Å²) in [4.78, 5) is 38.9. The third-order valence-electron chi connectivity index (χ3n) is 3.88. The first-order valence-electron chi connectivity index (χ1n) is 7.65. The predicted octanol–water partition coefficient (Wildman–Crippen LogP) is 1.76. The topological polar surface area (TPSA) is 69.7 Å². The van der Waals surface area contributed by atoms with Crippen molar-refractivity contribution < 1.29 is 14.4 Å². The largest absolute Gasteiger partial charge is 0.352 e. The number of carbonyl (C=O) groups is 3. The summed E-state index contributed by atoms with van der Waals surface area (Å²) >= 11 is 8.00. The highest BCUT2D eigenvalue weighted by Crippen LogP contribution is 2.19. The van der Waals surface area contributed by atoms with Crippen LogP contribution < -0.4 is 5.32 Å². The van der Waals surface area contributed by atoms with Gasteiger partial charge < -0.3 is 15.1 Å². The second-order valence-corrected chi connectivity index (χ2v) is 7.09. The van der Waals surface area contributed by atoms with Gasteiger partial charge in [-0.25, -0.2) is 0 Å². The molecule has 0 unspecified atom stereocenters. The fourth-order valence-electron chi connectivity index (χ4n) is 2.45. The van der Waals surface area contributed by atoms with Crippen LogP contribution in [0.5, 0.6) is 0 Å². The summed E-state index contributed by atoms with van der Waals surface area (Å²) in [7, 11) is 0. The lowest BCUT2D eigenvalue weighted by atomic mass is 10.2. The van der Waals surface area contributed by atoms with E-state index in [-0.39, 0.29) is 30.7 Å². The Balaban J connectivity index is 1.75. The molecule has 0 radical (unpaired) electrons. The van der Waals surface area contributed by atoms with E-state index in [1.807, 2.05) is 0 Å². The van der Waals surface area contributed by atoms with E-state index in [0.29, 0.717) is 36.8 Å². The minimum atomic E-state index is -0.223. The zero-order valence-corrected chi connectivity index (χ0v) is 16.3. The minimum absolute atomic E-state index is 0.0100. The molecular formula is C16H19ClIN3O3. The Morgan fingerprint density at radius 3 is 2.38 bits per heavy atom. The standard InChI is InChI=1S/C16H19ClIN3O3/c1-11(22)20-6-8-21(9-7-20)15(23)4-5-19-16(24)12-2-3-13(17)14(18)10-12/h2-3,10H,4-9H2,1H3,(H,19,24). The average molecular weight is 464 g/mol. The van der Waals surface area contributed by atoms with Crippen molar-refractivity contribution in [3.8, 4) is 0 Å². The predicted molar refractivity (Wildman–Crippen MR) is 100.0 cm³/mol. The first-order valence-corrected chi connectivity index (χ1v) is 9.10. The molecule has 0 aromatic heterocycles.